The van der Waals surface area contributed by atoms with Crippen LogP contribution < -0.4 is 5.73 Å². The maximum atomic E-state index is 13.3. The van der Waals surface area contributed by atoms with Crippen LogP contribution in [0.5, 0.6) is 0 Å². The van der Waals surface area contributed by atoms with Gasteiger partial charge < -0.3 is 10.5 Å². The highest BCUT2D eigenvalue weighted by atomic mass is 32.2. The van der Waals surface area contributed by atoms with Crippen LogP contribution in [0.4, 0.5) is 0 Å². The lowest BCUT2D eigenvalue weighted by Crippen LogP contribution is -2.33. The van der Waals surface area contributed by atoms with Gasteiger partial charge in [-0.2, -0.15) is 0 Å². The van der Waals surface area contributed by atoms with Crippen LogP contribution in [-0.4, -0.2) is 31.9 Å². The van der Waals surface area contributed by atoms with Crippen molar-refractivity contribution in [3.63, 3.8) is 0 Å². The second-order valence-electron chi connectivity index (χ2n) is 6.21. The third kappa shape index (κ3) is 2.99. The van der Waals surface area contributed by atoms with Gasteiger partial charge in [-0.15, -0.1) is 0 Å². The molecule has 3 atom stereocenters. The normalized spacial score (nSPS) is 25.5. The van der Waals surface area contributed by atoms with Gasteiger partial charge in [-0.1, -0.05) is 60.7 Å². The number of sulfone groups is 1. The maximum Gasteiger partial charge on any atom is 0.182 e. The molecule has 2 aromatic rings. The van der Waals surface area contributed by atoms with Gasteiger partial charge in [-0.25, -0.2) is 8.42 Å². The summed E-state index contributed by atoms with van der Waals surface area (Å²) in [4.78, 5) is 0.481. The van der Waals surface area contributed by atoms with Crippen LogP contribution in [0.2, 0.25) is 0 Å². The molecule has 0 aliphatic heterocycles. The summed E-state index contributed by atoms with van der Waals surface area (Å²) in [6, 6.07) is 18.0. The average molecular weight is 376 g/mol. The minimum absolute atomic E-state index is 0.194. The highest BCUT2D eigenvalue weighted by Gasteiger charge is 2.73. The highest BCUT2D eigenvalue weighted by Crippen LogP contribution is 2.64. The Morgan fingerprint density at radius 2 is 1.68 bits per heavy atom. The largest absolute Gasteiger partial charge is 0.393 e. The first-order chi connectivity index (χ1) is 12.0. The van der Waals surface area contributed by atoms with Crippen LogP contribution in [0.25, 0.3) is 0 Å². The van der Waals surface area contributed by atoms with Gasteiger partial charge in [0.15, 0.2) is 9.84 Å². The van der Waals surface area contributed by atoms with Crippen LogP contribution in [0.15, 0.2) is 65.6 Å². The summed E-state index contributed by atoms with van der Waals surface area (Å²) in [5.41, 5.74) is 6.10. The van der Waals surface area contributed by atoms with E-state index in [1.165, 1.54) is 0 Å². The molecule has 1 aliphatic rings. The molecule has 0 saturated heterocycles. The smallest absolute Gasteiger partial charge is 0.182 e. The summed E-state index contributed by atoms with van der Waals surface area (Å²) in [5, 5.41) is -0.714. The Morgan fingerprint density at radius 1 is 1.12 bits per heavy atom. The van der Waals surface area contributed by atoms with Crippen molar-refractivity contribution in [2.45, 2.75) is 23.0 Å². The predicted molar refractivity (Wildman–Crippen MR) is 102 cm³/mol. The van der Waals surface area contributed by atoms with Crippen LogP contribution in [0.3, 0.4) is 0 Å². The fourth-order valence-corrected chi connectivity index (χ4v) is 6.35. The third-order valence-electron chi connectivity index (χ3n) is 4.82. The Morgan fingerprint density at radius 3 is 2.20 bits per heavy atom. The molecule has 6 heteroatoms. The molecule has 25 heavy (non-hydrogen) atoms. The number of hydrogen-bond donors (Lipinski definition) is 1. The zero-order valence-corrected chi connectivity index (χ0v) is 15.6. The zero-order valence-electron chi connectivity index (χ0n) is 14.0. The van der Waals surface area contributed by atoms with Gasteiger partial charge in [0.1, 0.15) is 0 Å². The van der Waals surface area contributed by atoms with Gasteiger partial charge in [0, 0.05) is 12.5 Å². The van der Waals surface area contributed by atoms with Gasteiger partial charge in [-0.05, 0) is 24.6 Å². The summed E-state index contributed by atoms with van der Waals surface area (Å²) in [6.45, 7) is 2.55. The van der Waals surface area contributed by atoms with Gasteiger partial charge >= 0.3 is 0 Å². The lowest BCUT2D eigenvalue weighted by atomic mass is 10.00. The standard InChI is InChI=1S/C19H21NO3S2/c1-2-23-13-19(18(20)24)16(14-9-5-3-6-10-14)17(19)25(21,22)15-11-7-4-8-12-15/h3-12,16-17H,2,13H2,1H3,(H2,20,24)/t16-,17+,19-/m0/s1. The first kappa shape index (κ1) is 18.0. The van der Waals surface area contributed by atoms with E-state index in [-0.39, 0.29) is 22.4 Å². The average Bonchev–Trinajstić information content (AvgIpc) is 3.33. The number of rotatable bonds is 7. The topological polar surface area (TPSA) is 69.4 Å². The summed E-state index contributed by atoms with van der Waals surface area (Å²) >= 11 is 5.31. The summed E-state index contributed by atoms with van der Waals surface area (Å²) < 4.78 is 32.2. The van der Waals surface area contributed by atoms with E-state index in [0.717, 1.165) is 5.56 Å². The Hall–Kier alpha value is -1.76. The molecule has 0 bridgehead atoms. The summed E-state index contributed by atoms with van der Waals surface area (Å²) in [7, 11) is -3.59. The van der Waals surface area contributed by atoms with E-state index in [4.69, 9.17) is 22.7 Å². The molecule has 2 aromatic carbocycles. The van der Waals surface area contributed by atoms with E-state index in [2.05, 4.69) is 0 Å². The Balaban J connectivity index is 2.10. The molecule has 132 valence electrons. The van der Waals surface area contributed by atoms with Crippen LogP contribution in [0, 0.1) is 5.41 Å². The fourth-order valence-electron chi connectivity index (χ4n) is 3.56. The molecular weight excluding hydrogens is 354 g/mol. The molecule has 0 amide bonds. The SMILES string of the molecule is CCOC[C@@]1(C(N)=S)[C@H](S(=O)(=O)c2ccccc2)[C@@H]1c1ccccc1. The molecular formula is C19H21NO3S2. The van der Waals surface area contributed by atoms with Crippen molar-refractivity contribution in [1.82, 2.24) is 0 Å². The lowest BCUT2D eigenvalue weighted by molar-refractivity contribution is 0.121. The van der Waals surface area contributed by atoms with E-state index in [1.54, 1.807) is 30.3 Å². The van der Waals surface area contributed by atoms with Crippen molar-refractivity contribution in [2.24, 2.45) is 11.1 Å². The minimum atomic E-state index is -3.59. The van der Waals surface area contributed by atoms with Crippen molar-refractivity contribution < 1.29 is 13.2 Å². The number of nitrogens with two attached hydrogens (primary N) is 1. The zero-order chi connectivity index (χ0) is 18.1. The van der Waals surface area contributed by atoms with Crippen molar-refractivity contribution in [2.75, 3.05) is 13.2 Å². The highest BCUT2D eigenvalue weighted by molar-refractivity contribution is 7.92. The Bertz CT molecular complexity index is 853. The minimum Gasteiger partial charge on any atom is -0.393 e. The van der Waals surface area contributed by atoms with E-state index in [0.29, 0.717) is 6.61 Å². The van der Waals surface area contributed by atoms with Crippen molar-refractivity contribution in [3.05, 3.63) is 66.2 Å². The molecule has 0 spiro atoms. The molecule has 0 heterocycles. The third-order valence-corrected chi connectivity index (χ3v) is 7.50. The van der Waals surface area contributed by atoms with Crippen LogP contribution in [0.1, 0.15) is 18.4 Å². The van der Waals surface area contributed by atoms with Crippen molar-refractivity contribution in [3.8, 4) is 0 Å². The van der Waals surface area contributed by atoms with Gasteiger partial charge in [0.05, 0.1) is 27.2 Å². The summed E-state index contributed by atoms with van der Waals surface area (Å²) in [5.74, 6) is -0.303. The van der Waals surface area contributed by atoms with Crippen molar-refractivity contribution in [1.29, 1.82) is 0 Å². The first-order valence-corrected chi connectivity index (χ1v) is 10.1. The van der Waals surface area contributed by atoms with Crippen LogP contribution >= 0.6 is 12.2 Å². The van der Waals surface area contributed by atoms with E-state index in [1.807, 2.05) is 37.3 Å². The number of benzene rings is 2. The van der Waals surface area contributed by atoms with E-state index in [9.17, 15) is 8.42 Å². The maximum absolute atomic E-state index is 13.3. The predicted octanol–water partition coefficient (Wildman–Crippen LogP) is 2.94. The first-order valence-electron chi connectivity index (χ1n) is 8.17. The molecule has 1 saturated carbocycles. The molecule has 0 unspecified atom stereocenters. The number of thiocarbonyl (C=S) groups is 1. The van der Waals surface area contributed by atoms with Gasteiger partial charge in [0.2, 0.25) is 0 Å². The monoisotopic (exact) mass is 375 g/mol. The van der Waals surface area contributed by atoms with Crippen molar-refractivity contribution >= 4 is 27.0 Å². The molecule has 1 aliphatic carbocycles. The Kier molecular flexibility index (Phi) is 4.95. The number of ether oxygens (including phenoxy) is 1. The summed E-state index contributed by atoms with van der Waals surface area (Å²) in [6.07, 6.45) is 0. The van der Waals surface area contributed by atoms with E-state index >= 15 is 0 Å². The lowest BCUT2D eigenvalue weighted by Gasteiger charge is -2.17. The number of hydrogen-bond acceptors (Lipinski definition) is 4. The molecule has 0 aromatic heterocycles. The second-order valence-corrected chi connectivity index (χ2v) is 8.72. The fraction of sp³-hybridized carbons (Fsp3) is 0.316. The van der Waals surface area contributed by atoms with Crippen LogP contribution in [-0.2, 0) is 14.6 Å². The molecule has 0 radical (unpaired) electrons. The molecule has 1 fully saturated rings. The molecule has 4 nitrogen and oxygen atoms in total. The van der Waals surface area contributed by atoms with Gasteiger partial charge in [-0.3, -0.25) is 0 Å². The molecule has 3 rings (SSSR count). The second kappa shape index (κ2) is 6.86. The quantitative estimate of drug-likeness (QED) is 0.754. The van der Waals surface area contributed by atoms with Gasteiger partial charge in [0.25, 0.3) is 0 Å². The Labute approximate surface area is 153 Å². The van der Waals surface area contributed by atoms with E-state index < -0.39 is 20.5 Å². The molecule has 2 N–H and O–H groups in total.